The second-order valence-corrected chi connectivity index (χ2v) is 3.78. The lowest BCUT2D eigenvalue weighted by Crippen LogP contribution is -1.88. The third kappa shape index (κ3) is 2.58. The molecule has 0 aliphatic heterocycles. The van der Waals surface area contributed by atoms with Gasteiger partial charge in [0.15, 0.2) is 0 Å². The van der Waals surface area contributed by atoms with Crippen LogP contribution in [0.4, 0.5) is 0 Å². The van der Waals surface area contributed by atoms with E-state index in [2.05, 4.69) is 6.07 Å². The molecule has 0 spiro atoms. The van der Waals surface area contributed by atoms with Crippen molar-refractivity contribution in [3.8, 4) is 11.8 Å². The highest BCUT2D eigenvalue weighted by molar-refractivity contribution is 5.81. The fourth-order valence-electron chi connectivity index (χ4n) is 1.79. The van der Waals surface area contributed by atoms with Crippen LogP contribution >= 0.6 is 0 Å². The molecular formula is C16H13NO. The average molecular weight is 235 g/mol. The van der Waals surface area contributed by atoms with Crippen LogP contribution in [0.25, 0.3) is 5.57 Å². The molecule has 0 aliphatic rings. The van der Waals surface area contributed by atoms with E-state index in [1.54, 1.807) is 13.2 Å². The van der Waals surface area contributed by atoms with Gasteiger partial charge in [-0.1, -0.05) is 42.5 Å². The Kier molecular flexibility index (Phi) is 3.78. The van der Waals surface area contributed by atoms with E-state index in [-0.39, 0.29) is 0 Å². The number of nitrogens with zero attached hydrogens (tertiary/aromatic N) is 1. The van der Waals surface area contributed by atoms with Crippen molar-refractivity contribution < 1.29 is 4.74 Å². The molecule has 18 heavy (non-hydrogen) atoms. The number of benzene rings is 2. The van der Waals surface area contributed by atoms with Gasteiger partial charge in [0.05, 0.1) is 13.2 Å². The molecule has 0 aliphatic carbocycles. The SMILES string of the molecule is COc1ccc(C(=CC#N)c2ccccc2)cc1. The first kappa shape index (κ1) is 11.9. The van der Waals surface area contributed by atoms with Gasteiger partial charge < -0.3 is 4.74 Å². The Balaban J connectivity index is 2.43. The molecule has 0 N–H and O–H groups in total. The van der Waals surface area contributed by atoms with Gasteiger partial charge in [0.1, 0.15) is 5.75 Å². The zero-order chi connectivity index (χ0) is 12.8. The summed E-state index contributed by atoms with van der Waals surface area (Å²) in [7, 11) is 1.64. The van der Waals surface area contributed by atoms with E-state index in [0.29, 0.717) is 0 Å². The van der Waals surface area contributed by atoms with Gasteiger partial charge in [0, 0.05) is 6.08 Å². The van der Waals surface area contributed by atoms with Crippen LogP contribution < -0.4 is 4.74 Å². The predicted octanol–water partition coefficient (Wildman–Crippen LogP) is 3.65. The fraction of sp³-hybridized carbons (Fsp3) is 0.0625. The van der Waals surface area contributed by atoms with Crippen LogP contribution in [-0.4, -0.2) is 7.11 Å². The monoisotopic (exact) mass is 235 g/mol. The molecule has 0 heterocycles. The van der Waals surface area contributed by atoms with E-state index in [4.69, 9.17) is 10.00 Å². The summed E-state index contributed by atoms with van der Waals surface area (Å²) in [5.41, 5.74) is 2.95. The molecule has 0 fully saturated rings. The summed E-state index contributed by atoms with van der Waals surface area (Å²) >= 11 is 0. The molecule has 0 bridgehead atoms. The van der Waals surface area contributed by atoms with Crippen molar-refractivity contribution in [2.24, 2.45) is 0 Å². The number of ether oxygens (including phenoxy) is 1. The van der Waals surface area contributed by atoms with Gasteiger partial charge in [-0.05, 0) is 28.8 Å². The van der Waals surface area contributed by atoms with E-state index in [9.17, 15) is 0 Å². The Hall–Kier alpha value is -2.53. The predicted molar refractivity (Wildman–Crippen MR) is 72.1 cm³/mol. The lowest BCUT2D eigenvalue weighted by Gasteiger charge is -2.07. The molecule has 88 valence electrons. The van der Waals surface area contributed by atoms with Crippen molar-refractivity contribution in [2.75, 3.05) is 7.11 Å². The van der Waals surface area contributed by atoms with Crippen molar-refractivity contribution in [1.29, 1.82) is 5.26 Å². The van der Waals surface area contributed by atoms with Crippen LogP contribution in [0.1, 0.15) is 11.1 Å². The van der Waals surface area contributed by atoms with Crippen LogP contribution in [0.3, 0.4) is 0 Å². The van der Waals surface area contributed by atoms with Gasteiger partial charge in [-0.15, -0.1) is 0 Å². The lowest BCUT2D eigenvalue weighted by atomic mass is 9.98. The molecule has 0 amide bonds. The zero-order valence-corrected chi connectivity index (χ0v) is 10.1. The highest BCUT2D eigenvalue weighted by Gasteiger charge is 2.04. The van der Waals surface area contributed by atoms with Crippen molar-refractivity contribution in [1.82, 2.24) is 0 Å². The highest BCUT2D eigenvalue weighted by atomic mass is 16.5. The number of rotatable bonds is 3. The number of nitriles is 1. The van der Waals surface area contributed by atoms with E-state index < -0.39 is 0 Å². The van der Waals surface area contributed by atoms with Crippen LogP contribution in [0.2, 0.25) is 0 Å². The summed E-state index contributed by atoms with van der Waals surface area (Å²) < 4.78 is 5.13. The number of hydrogen-bond acceptors (Lipinski definition) is 2. The van der Waals surface area contributed by atoms with Gasteiger partial charge in [-0.2, -0.15) is 5.26 Å². The maximum Gasteiger partial charge on any atom is 0.118 e. The summed E-state index contributed by atoms with van der Waals surface area (Å²) in [6, 6.07) is 19.7. The number of allylic oxidation sites excluding steroid dienone is 1. The molecule has 0 radical (unpaired) electrons. The smallest absolute Gasteiger partial charge is 0.118 e. The summed E-state index contributed by atoms with van der Waals surface area (Å²) in [5, 5.41) is 8.91. The van der Waals surface area contributed by atoms with Crippen molar-refractivity contribution in [2.45, 2.75) is 0 Å². The molecular weight excluding hydrogens is 222 g/mol. The van der Waals surface area contributed by atoms with Crippen LogP contribution in [0.15, 0.2) is 60.7 Å². The van der Waals surface area contributed by atoms with Crippen LogP contribution in [0.5, 0.6) is 5.75 Å². The number of hydrogen-bond donors (Lipinski definition) is 0. The zero-order valence-electron chi connectivity index (χ0n) is 10.1. The maximum atomic E-state index is 8.91. The molecule has 2 aromatic carbocycles. The molecule has 2 aromatic rings. The normalized spacial score (nSPS) is 10.8. The minimum atomic E-state index is 0.808. The average Bonchev–Trinajstić information content (AvgIpc) is 2.46. The minimum absolute atomic E-state index is 0.808. The lowest BCUT2D eigenvalue weighted by molar-refractivity contribution is 0.415. The molecule has 0 saturated carbocycles. The first-order chi connectivity index (χ1) is 8.85. The molecule has 0 unspecified atom stereocenters. The summed E-state index contributed by atoms with van der Waals surface area (Å²) in [5.74, 6) is 0.808. The van der Waals surface area contributed by atoms with E-state index >= 15 is 0 Å². The van der Waals surface area contributed by atoms with E-state index in [1.165, 1.54) is 0 Å². The van der Waals surface area contributed by atoms with Crippen molar-refractivity contribution in [3.63, 3.8) is 0 Å². The first-order valence-corrected chi connectivity index (χ1v) is 5.65. The standard InChI is InChI=1S/C16H13NO/c1-18-15-9-7-14(8-10-15)16(11-12-17)13-5-3-2-4-6-13/h2-11H,1H3. The Labute approximate surface area is 107 Å². The van der Waals surface area contributed by atoms with Gasteiger partial charge in [-0.3, -0.25) is 0 Å². The second kappa shape index (κ2) is 5.70. The Morgan fingerprint density at radius 3 is 2.17 bits per heavy atom. The molecule has 2 heteroatoms. The summed E-state index contributed by atoms with van der Waals surface area (Å²) in [4.78, 5) is 0. The van der Waals surface area contributed by atoms with Crippen molar-refractivity contribution >= 4 is 5.57 Å². The van der Waals surface area contributed by atoms with Crippen LogP contribution in [0, 0.1) is 11.3 Å². The highest BCUT2D eigenvalue weighted by Crippen LogP contribution is 2.24. The molecule has 0 atom stereocenters. The quantitative estimate of drug-likeness (QED) is 0.761. The van der Waals surface area contributed by atoms with Gasteiger partial charge in [0.2, 0.25) is 0 Å². The summed E-state index contributed by atoms with van der Waals surface area (Å²) in [6.45, 7) is 0. The first-order valence-electron chi connectivity index (χ1n) is 5.65. The topological polar surface area (TPSA) is 33.0 Å². The molecule has 0 aromatic heterocycles. The Bertz CT molecular complexity index is 577. The number of methoxy groups -OCH3 is 1. The van der Waals surface area contributed by atoms with E-state index in [0.717, 1.165) is 22.4 Å². The fourth-order valence-corrected chi connectivity index (χ4v) is 1.79. The van der Waals surface area contributed by atoms with E-state index in [1.807, 2.05) is 54.6 Å². The summed E-state index contributed by atoms with van der Waals surface area (Å²) in [6.07, 6.45) is 1.57. The third-order valence-electron chi connectivity index (χ3n) is 2.69. The molecule has 0 saturated heterocycles. The van der Waals surface area contributed by atoms with Gasteiger partial charge >= 0.3 is 0 Å². The Morgan fingerprint density at radius 1 is 1.00 bits per heavy atom. The molecule has 2 nitrogen and oxygen atoms in total. The van der Waals surface area contributed by atoms with Gasteiger partial charge in [-0.25, -0.2) is 0 Å². The molecule has 2 rings (SSSR count). The second-order valence-electron chi connectivity index (χ2n) is 3.78. The largest absolute Gasteiger partial charge is 0.497 e. The van der Waals surface area contributed by atoms with Crippen LogP contribution in [-0.2, 0) is 0 Å². The van der Waals surface area contributed by atoms with Crippen molar-refractivity contribution in [3.05, 3.63) is 71.8 Å². The third-order valence-corrected chi connectivity index (χ3v) is 2.69. The van der Waals surface area contributed by atoms with Gasteiger partial charge in [0.25, 0.3) is 0 Å². The Morgan fingerprint density at radius 2 is 1.61 bits per heavy atom. The minimum Gasteiger partial charge on any atom is -0.497 e. The maximum absolute atomic E-state index is 8.91.